The normalized spacial score (nSPS) is 11.4. The van der Waals surface area contributed by atoms with Gasteiger partial charge in [0.05, 0.1) is 22.4 Å². The largest absolute Gasteiger partial charge is 0.302 e. The number of rotatable bonds is 6. The Morgan fingerprint density at radius 1 is 1.03 bits per heavy atom. The Hall–Kier alpha value is -3.63. The Morgan fingerprint density at radius 3 is 2.45 bits per heavy atom. The average molecular weight is 454 g/mol. The second-order valence-corrected chi connectivity index (χ2v) is 9.85. The number of carbonyl (C=O) groups excluding carboxylic acids is 1. The Morgan fingerprint density at radius 2 is 1.74 bits per heavy atom. The van der Waals surface area contributed by atoms with Gasteiger partial charge in [0.1, 0.15) is 4.21 Å². The molecule has 156 valence electrons. The molecule has 0 spiro atoms. The van der Waals surface area contributed by atoms with Crippen molar-refractivity contribution in [1.82, 2.24) is 4.98 Å². The summed E-state index contributed by atoms with van der Waals surface area (Å²) in [5, 5.41) is 15.6. The summed E-state index contributed by atoms with van der Waals surface area (Å²) in [6.45, 7) is 0. The van der Waals surface area contributed by atoms with Gasteiger partial charge in [0.2, 0.25) is 15.7 Å². The first-order chi connectivity index (χ1) is 14.8. The molecule has 4 rings (SSSR count). The number of aromatic nitrogens is 1. The molecule has 0 bridgehead atoms. The zero-order valence-electron chi connectivity index (χ0n) is 15.9. The highest BCUT2D eigenvalue weighted by Gasteiger charge is 2.22. The fraction of sp³-hybridized carbons (Fsp3) is 0.0476. The molecule has 3 aromatic carbocycles. The number of hydrogen-bond donors (Lipinski definition) is 1. The number of sulfone groups is 1. The summed E-state index contributed by atoms with van der Waals surface area (Å²) in [5.41, 5.74) is 0.622. The summed E-state index contributed by atoms with van der Waals surface area (Å²) in [4.78, 5) is 26.4. The maximum absolute atomic E-state index is 12.7. The van der Waals surface area contributed by atoms with Crippen molar-refractivity contribution < 1.29 is 18.1 Å². The van der Waals surface area contributed by atoms with Gasteiger partial charge >= 0.3 is 0 Å². The number of nitrogens with one attached hydrogen (secondary N) is 1. The lowest BCUT2D eigenvalue weighted by Crippen LogP contribution is -2.14. The quantitative estimate of drug-likeness (QED) is 0.345. The van der Waals surface area contributed by atoms with Gasteiger partial charge in [-0.1, -0.05) is 53.8 Å². The molecule has 0 aliphatic heterocycles. The van der Waals surface area contributed by atoms with Crippen LogP contribution in [0.4, 0.5) is 10.8 Å². The predicted molar refractivity (Wildman–Crippen MR) is 117 cm³/mol. The lowest BCUT2D eigenvalue weighted by atomic mass is 10.1. The molecule has 0 radical (unpaired) electrons. The monoisotopic (exact) mass is 453 g/mol. The Labute approximate surface area is 181 Å². The van der Waals surface area contributed by atoms with Crippen LogP contribution >= 0.6 is 11.3 Å². The van der Waals surface area contributed by atoms with Crippen molar-refractivity contribution in [3.8, 4) is 0 Å². The number of carbonyl (C=O) groups is 1. The van der Waals surface area contributed by atoms with E-state index in [0.29, 0.717) is 0 Å². The molecule has 0 aliphatic rings. The fourth-order valence-corrected chi connectivity index (χ4v) is 5.45. The Kier molecular flexibility index (Phi) is 5.49. The second-order valence-electron chi connectivity index (χ2n) is 6.65. The van der Waals surface area contributed by atoms with Gasteiger partial charge in [-0.05, 0) is 28.5 Å². The first-order valence-corrected chi connectivity index (χ1v) is 11.4. The molecule has 0 atom stereocenters. The SMILES string of the molecule is O=C(Cc1ccc2ccccc2c1)Nc1ncc(S(=O)(=O)c2ccc([N+](=O)[O-])cc2)s1. The maximum atomic E-state index is 12.7. The molecule has 8 nitrogen and oxygen atoms in total. The van der Waals surface area contributed by atoms with Crippen LogP contribution in [0.2, 0.25) is 0 Å². The van der Waals surface area contributed by atoms with E-state index < -0.39 is 14.8 Å². The van der Waals surface area contributed by atoms with Crippen molar-refractivity contribution >= 4 is 48.7 Å². The van der Waals surface area contributed by atoms with Gasteiger partial charge in [-0.2, -0.15) is 0 Å². The summed E-state index contributed by atoms with van der Waals surface area (Å²) in [6, 6.07) is 18.2. The van der Waals surface area contributed by atoms with E-state index in [1.54, 1.807) is 0 Å². The van der Waals surface area contributed by atoms with E-state index in [4.69, 9.17) is 0 Å². The van der Waals surface area contributed by atoms with Crippen molar-refractivity contribution in [2.45, 2.75) is 15.5 Å². The Balaban J connectivity index is 1.47. The predicted octanol–water partition coefficient (Wildman–Crippen LogP) is 4.22. The zero-order valence-corrected chi connectivity index (χ0v) is 17.5. The zero-order chi connectivity index (χ0) is 22.0. The molecular weight excluding hydrogens is 438 g/mol. The third-order valence-electron chi connectivity index (χ3n) is 4.53. The third kappa shape index (κ3) is 4.44. The summed E-state index contributed by atoms with van der Waals surface area (Å²) < 4.78 is 25.4. The number of amides is 1. The van der Waals surface area contributed by atoms with Crippen LogP contribution in [0.3, 0.4) is 0 Å². The smallest absolute Gasteiger partial charge is 0.269 e. The number of fused-ring (bicyclic) bond motifs is 1. The molecule has 4 aromatic rings. The van der Waals surface area contributed by atoms with Crippen molar-refractivity contribution in [2.24, 2.45) is 0 Å². The lowest BCUT2D eigenvalue weighted by Gasteiger charge is -2.04. The summed E-state index contributed by atoms with van der Waals surface area (Å²) in [6.07, 6.45) is 1.28. The minimum absolute atomic E-state index is 0.0673. The highest BCUT2D eigenvalue weighted by molar-refractivity contribution is 7.93. The first-order valence-electron chi connectivity index (χ1n) is 9.06. The van der Waals surface area contributed by atoms with Gasteiger partial charge < -0.3 is 5.32 Å². The van der Waals surface area contributed by atoms with Crippen LogP contribution in [0.1, 0.15) is 5.56 Å². The number of anilines is 1. The summed E-state index contributed by atoms with van der Waals surface area (Å²) in [7, 11) is -3.90. The molecule has 0 saturated heterocycles. The van der Waals surface area contributed by atoms with E-state index >= 15 is 0 Å². The molecule has 10 heteroatoms. The van der Waals surface area contributed by atoms with Crippen LogP contribution < -0.4 is 5.32 Å². The maximum Gasteiger partial charge on any atom is 0.269 e. The number of hydrogen-bond acceptors (Lipinski definition) is 7. The van der Waals surface area contributed by atoms with Gasteiger partial charge in [0.15, 0.2) is 5.13 Å². The van der Waals surface area contributed by atoms with E-state index in [1.165, 1.54) is 12.1 Å². The molecule has 1 amide bonds. The number of nitro groups is 1. The molecular formula is C21H15N3O5S2. The highest BCUT2D eigenvalue weighted by Crippen LogP contribution is 2.29. The summed E-state index contributed by atoms with van der Waals surface area (Å²) in [5.74, 6) is -0.316. The van der Waals surface area contributed by atoms with Crippen LogP contribution in [0.5, 0.6) is 0 Å². The standard InChI is InChI=1S/C21H15N3O5S2/c25-19(12-14-5-6-15-3-1-2-4-16(15)11-14)23-21-22-13-20(30-21)31(28,29)18-9-7-17(8-10-18)24(26)27/h1-11,13H,12H2,(H,22,23,25). The van der Waals surface area contributed by atoms with Crippen LogP contribution in [0.25, 0.3) is 10.8 Å². The van der Waals surface area contributed by atoms with E-state index in [-0.39, 0.29) is 32.3 Å². The van der Waals surface area contributed by atoms with Gasteiger partial charge in [-0.3, -0.25) is 14.9 Å². The molecule has 31 heavy (non-hydrogen) atoms. The van der Waals surface area contributed by atoms with Crippen molar-refractivity contribution in [2.75, 3.05) is 5.32 Å². The molecule has 1 aromatic heterocycles. The average Bonchev–Trinajstić information content (AvgIpc) is 3.23. The fourth-order valence-electron chi connectivity index (χ4n) is 3.00. The van der Waals surface area contributed by atoms with E-state index in [2.05, 4.69) is 10.3 Å². The number of benzene rings is 3. The van der Waals surface area contributed by atoms with Crippen LogP contribution in [0.15, 0.2) is 82.0 Å². The van der Waals surface area contributed by atoms with E-state index in [1.807, 2.05) is 42.5 Å². The van der Waals surface area contributed by atoms with Gasteiger partial charge in [-0.15, -0.1) is 0 Å². The van der Waals surface area contributed by atoms with Crippen LogP contribution in [-0.4, -0.2) is 24.2 Å². The van der Waals surface area contributed by atoms with Crippen LogP contribution in [0, 0.1) is 10.1 Å². The number of thiazole rings is 1. The topological polar surface area (TPSA) is 119 Å². The second kappa shape index (κ2) is 8.25. The lowest BCUT2D eigenvalue weighted by molar-refractivity contribution is -0.384. The van der Waals surface area contributed by atoms with Gasteiger partial charge in [0, 0.05) is 12.1 Å². The number of nitro benzene ring substituents is 1. The first kappa shape index (κ1) is 20.6. The molecule has 1 N–H and O–H groups in total. The number of non-ortho nitro benzene ring substituents is 1. The highest BCUT2D eigenvalue weighted by atomic mass is 32.2. The molecule has 0 saturated carbocycles. The van der Waals surface area contributed by atoms with Crippen molar-refractivity contribution in [3.63, 3.8) is 0 Å². The molecule has 0 aliphatic carbocycles. The Bertz CT molecular complexity index is 1400. The third-order valence-corrected chi connectivity index (χ3v) is 7.68. The molecule has 1 heterocycles. The minimum atomic E-state index is -3.90. The summed E-state index contributed by atoms with van der Waals surface area (Å²) >= 11 is 0.822. The molecule has 0 fully saturated rings. The number of nitrogens with zero attached hydrogens (tertiary/aromatic N) is 2. The molecule has 0 unspecified atom stereocenters. The van der Waals surface area contributed by atoms with Gasteiger partial charge in [0.25, 0.3) is 5.69 Å². The van der Waals surface area contributed by atoms with Crippen LogP contribution in [-0.2, 0) is 21.1 Å². The van der Waals surface area contributed by atoms with Crippen molar-refractivity contribution in [1.29, 1.82) is 0 Å². The van der Waals surface area contributed by atoms with Gasteiger partial charge in [-0.25, -0.2) is 13.4 Å². The van der Waals surface area contributed by atoms with E-state index in [0.717, 1.165) is 46.0 Å². The van der Waals surface area contributed by atoms with Crippen molar-refractivity contribution in [3.05, 3.63) is 88.6 Å². The van der Waals surface area contributed by atoms with E-state index in [9.17, 15) is 23.3 Å². The minimum Gasteiger partial charge on any atom is -0.302 e.